The molecule has 0 aliphatic carbocycles. The van der Waals surface area contributed by atoms with Crippen molar-refractivity contribution in [2.24, 2.45) is 0 Å². The summed E-state index contributed by atoms with van der Waals surface area (Å²) in [4.78, 5) is 21.8. The standard InChI is InChI=1S/C12H13ClN2O4/c1-3-6-14-12(16)8(2)19-11-7-9(13)4-5-10(11)15(17)18/h3-5,7-8H,1,6H2,2H3,(H,14,16). The Morgan fingerprint density at radius 2 is 2.37 bits per heavy atom. The van der Waals surface area contributed by atoms with Crippen LogP contribution in [-0.2, 0) is 4.79 Å². The summed E-state index contributed by atoms with van der Waals surface area (Å²) < 4.78 is 5.27. The lowest BCUT2D eigenvalue weighted by atomic mass is 10.3. The minimum Gasteiger partial charge on any atom is -0.474 e. The van der Waals surface area contributed by atoms with E-state index in [0.717, 1.165) is 0 Å². The first kappa shape index (κ1) is 15.0. The van der Waals surface area contributed by atoms with Crippen molar-refractivity contribution < 1.29 is 14.5 Å². The molecule has 1 aromatic carbocycles. The van der Waals surface area contributed by atoms with Crippen LogP contribution in [0.5, 0.6) is 5.75 Å². The van der Waals surface area contributed by atoms with Gasteiger partial charge in [-0.25, -0.2) is 0 Å². The highest BCUT2D eigenvalue weighted by Crippen LogP contribution is 2.30. The third-order valence-electron chi connectivity index (χ3n) is 2.21. The molecular weight excluding hydrogens is 272 g/mol. The van der Waals surface area contributed by atoms with E-state index in [-0.39, 0.29) is 11.4 Å². The van der Waals surface area contributed by atoms with Crippen LogP contribution in [0.25, 0.3) is 0 Å². The summed E-state index contributed by atoms with van der Waals surface area (Å²) in [6, 6.07) is 3.91. The van der Waals surface area contributed by atoms with Crippen molar-refractivity contribution in [3.63, 3.8) is 0 Å². The number of nitro benzene ring substituents is 1. The van der Waals surface area contributed by atoms with Gasteiger partial charge in [0, 0.05) is 23.7 Å². The Bertz CT molecular complexity index is 505. The summed E-state index contributed by atoms with van der Waals surface area (Å²) in [5, 5.41) is 13.6. The number of halogens is 1. The monoisotopic (exact) mass is 284 g/mol. The predicted octanol–water partition coefficient (Wildman–Crippen LogP) is 2.32. The van der Waals surface area contributed by atoms with E-state index in [4.69, 9.17) is 16.3 Å². The molecule has 102 valence electrons. The highest BCUT2D eigenvalue weighted by Gasteiger charge is 2.21. The molecule has 1 amide bonds. The molecule has 1 unspecified atom stereocenters. The first-order chi connectivity index (χ1) is 8.95. The second-order valence-corrected chi connectivity index (χ2v) is 4.10. The molecule has 0 fully saturated rings. The second kappa shape index (κ2) is 6.75. The zero-order chi connectivity index (χ0) is 14.4. The van der Waals surface area contributed by atoms with Gasteiger partial charge in [-0.1, -0.05) is 17.7 Å². The summed E-state index contributed by atoms with van der Waals surface area (Å²) in [7, 11) is 0. The summed E-state index contributed by atoms with van der Waals surface area (Å²) in [6.07, 6.45) is 0.643. The average molecular weight is 285 g/mol. The lowest BCUT2D eigenvalue weighted by Gasteiger charge is -2.14. The molecule has 0 heterocycles. The van der Waals surface area contributed by atoms with Crippen LogP contribution in [0.2, 0.25) is 5.02 Å². The van der Waals surface area contributed by atoms with E-state index in [9.17, 15) is 14.9 Å². The Kier molecular flexibility index (Phi) is 5.32. The van der Waals surface area contributed by atoms with Crippen molar-refractivity contribution >= 4 is 23.2 Å². The summed E-state index contributed by atoms with van der Waals surface area (Å²) in [5.41, 5.74) is -0.243. The molecule has 0 aliphatic heterocycles. The van der Waals surface area contributed by atoms with Crippen LogP contribution in [0.4, 0.5) is 5.69 Å². The third-order valence-corrected chi connectivity index (χ3v) is 2.45. The lowest BCUT2D eigenvalue weighted by molar-refractivity contribution is -0.386. The molecule has 0 bridgehead atoms. The second-order valence-electron chi connectivity index (χ2n) is 3.66. The van der Waals surface area contributed by atoms with Gasteiger partial charge in [-0.3, -0.25) is 14.9 Å². The molecule has 1 N–H and O–H groups in total. The number of carbonyl (C=O) groups is 1. The third kappa shape index (κ3) is 4.26. The topological polar surface area (TPSA) is 81.5 Å². The van der Waals surface area contributed by atoms with Gasteiger partial charge in [0.15, 0.2) is 11.9 Å². The first-order valence-corrected chi connectivity index (χ1v) is 5.82. The van der Waals surface area contributed by atoms with Gasteiger partial charge >= 0.3 is 5.69 Å². The molecule has 1 atom stereocenters. The van der Waals surface area contributed by atoms with Gasteiger partial charge in [-0.05, 0) is 13.0 Å². The van der Waals surface area contributed by atoms with Crippen molar-refractivity contribution in [3.8, 4) is 5.75 Å². The SMILES string of the molecule is C=CCNC(=O)C(C)Oc1cc(Cl)ccc1[N+](=O)[O-]. The molecule has 0 saturated carbocycles. The lowest BCUT2D eigenvalue weighted by Crippen LogP contribution is -2.36. The number of benzene rings is 1. The molecule has 0 spiro atoms. The molecular formula is C12H13ClN2O4. The van der Waals surface area contributed by atoms with Crippen LogP contribution in [-0.4, -0.2) is 23.5 Å². The van der Waals surface area contributed by atoms with E-state index < -0.39 is 16.9 Å². The van der Waals surface area contributed by atoms with Gasteiger partial charge < -0.3 is 10.1 Å². The molecule has 6 nitrogen and oxygen atoms in total. The number of nitrogens with one attached hydrogen (secondary N) is 1. The van der Waals surface area contributed by atoms with Crippen LogP contribution in [0, 0.1) is 10.1 Å². The minimum absolute atomic E-state index is 0.0428. The Balaban J connectivity index is 2.86. The molecule has 0 aliphatic rings. The van der Waals surface area contributed by atoms with Gasteiger partial charge in [-0.2, -0.15) is 0 Å². The van der Waals surface area contributed by atoms with Crippen molar-refractivity contribution in [1.82, 2.24) is 5.32 Å². The summed E-state index contributed by atoms with van der Waals surface area (Å²) in [5.74, 6) is -0.437. The zero-order valence-electron chi connectivity index (χ0n) is 10.3. The quantitative estimate of drug-likeness (QED) is 0.494. The maximum atomic E-state index is 11.6. The van der Waals surface area contributed by atoms with E-state index in [1.165, 1.54) is 31.2 Å². The number of hydrogen-bond acceptors (Lipinski definition) is 4. The molecule has 1 aromatic rings. The fourth-order valence-corrected chi connectivity index (χ4v) is 1.46. The maximum Gasteiger partial charge on any atom is 0.311 e. The van der Waals surface area contributed by atoms with E-state index in [1.54, 1.807) is 0 Å². The Morgan fingerprint density at radius 3 is 2.95 bits per heavy atom. The Labute approximate surface area is 115 Å². The average Bonchev–Trinajstić information content (AvgIpc) is 2.35. The number of hydrogen-bond donors (Lipinski definition) is 1. The van der Waals surface area contributed by atoms with E-state index in [2.05, 4.69) is 11.9 Å². The number of amides is 1. The van der Waals surface area contributed by atoms with Crippen molar-refractivity contribution in [3.05, 3.63) is 46.0 Å². The van der Waals surface area contributed by atoms with Gasteiger partial charge in [0.25, 0.3) is 5.91 Å². The Hall–Kier alpha value is -2.08. The van der Waals surface area contributed by atoms with Gasteiger partial charge in [0.1, 0.15) is 0 Å². The normalized spacial score (nSPS) is 11.5. The highest BCUT2D eigenvalue weighted by atomic mass is 35.5. The predicted molar refractivity (Wildman–Crippen MR) is 71.4 cm³/mol. The van der Waals surface area contributed by atoms with Gasteiger partial charge in [0.2, 0.25) is 0 Å². The molecule has 0 aromatic heterocycles. The minimum atomic E-state index is -0.878. The fourth-order valence-electron chi connectivity index (χ4n) is 1.29. The molecule has 7 heteroatoms. The van der Waals surface area contributed by atoms with Crippen LogP contribution < -0.4 is 10.1 Å². The first-order valence-electron chi connectivity index (χ1n) is 5.45. The molecule has 1 rings (SSSR count). The summed E-state index contributed by atoms with van der Waals surface area (Å²) in [6.45, 7) is 5.25. The molecule has 0 radical (unpaired) electrons. The van der Waals surface area contributed by atoms with E-state index in [0.29, 0.717) is 11.6 Å². The Morgan fingerprint density at radius 1 is 1.68 bits per heavy atom. The fraction of sp³-hybridized carbons (Fsp3) is 0.250. The van der Waals surface area contributed by atoms with Crippen LogP contribution in [0.3, 0.4) is 0 Å². The van der Waals surface area contributed by atoms with Crippen LogP contribution in [0.1, 0.15) is 6.92 Å². The van der Waals surface area contributed by atoms with Crippen molar-refractivity contribution in [1.29, 1.82) is 0 Å². The van der Waals surface area contributed by atoms with Crippen LogP contribution in [0.15, 0.2) is 30.9 Å². The van der Waals surface area contributed by atoms with E-state index >= 15 is 0 Å². The van der Waals surface area contributed by atoms with E-state index in [1.807, 2.05) is 0 Å². The number of carbonyl (C=O) groups excluding carboxylic acids is 1. The van der Waals surface area contributed by atoms with Crippen molar-refractivity contribution in [2.45, 2.75) is 13.0 Å². The van der Waals surface area contributed by atoms with Crippen molar-refractivity contribution in [2.75, 3.05) is 6.54 Å². The zero-order valence-corrected chi connectivity index (χ0v) is 11.0. The maximum absolute atomic E-state index is 11.6. The summed E-state index contributed by atoms with van der Waals surface area (Å²) >= 11 is 5.75. The highest BCUT2D eigenvalue weighted by molar-refractivity contribution is 6.30. The number of nitro groups is 1. The molecule has 0 saturated heterocycles. The number of nitrogens with zero attached hydrogens (tertiary/aromatic N) is 1. The van der Waals surface area contributed by atoms with Gasteiger partial charge in [-0.15, -0.1) is 6.58 Å². The smallest absolute Gasteiger partial charge is 0.311 e. The van der Waals surface area contributed by atoms with Gasteiger partial charge in [0.05, 0.1) is 4.92 Å². The van der Waals surface area contributed by atoms with Crippen LogP contribution >= 0.6 is 11.6 Å². The largest absolute Gasteiger partial charge is 0.474 e. The molecule has 19 heavy (non-hydrogen) atoms. The number of ether oxygens (including phenoxy) is 1. The number of rotatable bonds is 6.